The molecule has 1 saturated heterocycles. The highest BCUT2D eigenvalue weighted by Gasteiger charge is 2.84. The van der Waals surface area contributed by atoms with E-state index in [9.17, 15) is 5.11 Å². The van der Waals surface area contributed by atoms with Crippen LogP contribution in [0.5, 0.6) is 0 Å². The summed E-state index contributed by atoms with van der Waals surface area (Å²) in [4.78, 5) is 0. The number of hydrogen-bond acceptors (Lipinski definition) is 3. The number of aliphatic hydroxyl groups excluding tert-OH is 1. The minimum atomic E-state index is -1.89. The minimum absolute atomic E-state index is 0.0664. The average Bonchev–Trinajstić information content (AvgIpc) is 3.56. The highest BCUT2D eigenvalue weighted by atomic mass is 28.4. The van der Waals surface area contributed by atoms with Gasteiger partial charge in [0.1, 0.15) is 0 Å². The molecule has 236 valence electrons. The Morgan fingerprint density at radius 3 is 2.10 bits per heavy atom. The van der Waals surface area contributed by atoms with Crippen LogP contribution in [0.3, 0.4) is 0 Å². The molecule has 6 rings (SSSR count). The quantitative estimate of drug-likeness (QED) is 0.302. The highest BCUT2D eigenvalue weighted by Crippen LogP contribution is 2.89. The number of aliphatic hydroxyl groups is 1. The summed E-state index contributed by atoms with van der Waals surface area (Å²) in [6.45, 7) is 27.2. The number of hydrogen-bond donors (Lipinski definition) is 1. The van der Waals surface area contributed by atoms with Crippen LogP contribution < -0.4 is 0 Å². The van der Waals surface area contributed by atoms with Crippen LogP contribution >= 0.6 is 0 Å². The van der Waals surface area contributed by atoms with Gasteiger partial charge in [0.05, 0.1) is 24.4 Å². The molecule has 0 aromatic rings. The molecule has 0 aromatic heterocycles. The molecule has 41 heavy (non-hydrogen) atoms. The fourth-order valence-corrected chi connectivity index (χ4v) is 16.5. The summed E-state index contributed by atoms with van der Waals surface area (Å²) in [6.07, 6.45) is 10.8. The Morgan fingerprint density at radius 2 is 1.49 bits per heavy atom. The first-order valence-electron chi connectivity index (χ1n) is 18.2. The second-order valence-corrected chi connectivity index (χ2v) is 22.8. The third-order valence-electron chi connectivity index (χ3n) is 16.7. The van der Waals surface area contributed by atoms with Gasteiger partial charge in [-0.25, -0.2) is 0 Å². The van der Waals surface area contributed by atoms with Crippen molar-refractivity contribution in [1.29, 1.82) is 0 Å². The molecule has 3 nitrogen and oxygen atoms in total. The lowest BCUT2D eigenvalue weighted by atomic mass is 9.41. The van der Waals surface area contributed by atoms with E-state index in [0.717, 1.165) is 24.2 Å². The maximum Gasteiger partial charge on any atom is 0.192 e. The fourth-order valence-electron chi connectivity index (χ4n) is 13.6. The normalized spacial score (nSPS) is 52.6. The van der Waals surface area contributed by atoms with Crippen LogP contribution in [0.25, 0.3) is 0 Å². The van der Waals surface area contributed by atoms with E-state index in [0.29, 0.717) is 28.1 Å². The maximum absolute atomic E-state index is 11.3. The lowest BCUT2D eigenvalue weighted by molar-refractivity contribution is -0.177. The zero-order valence-corrected chi connectivity index (χ0v) is 29.8. The Kier molecular flexibility index (Phi) is 7.43. The van der Waals surface area contributed by atoms with E-state index in [1.807, 2.05) is 0 Å². The fraction of sp³-hybridized carbons (Fsp3) is 1.00. The lowest BCUT2D eigenvalue weighted by Crippen LogP contribution is -2.60. The van der Waals surface area contributed by atoms with Gasteiger partial charge in [-0.3, -0.25) is 0 Å². The predicted octanol–water partition coefficient (Wildman–Crippen LogP) is 9.48. The molecular formula is C37H66O3Si. The van der Waals surface area contributed by atoms with Crippen LogP contribution in [0.2, 0.25) is 18.1 Å². The third-order valence-corrected chi connectivity index (χ3v) is 21.3. The van der Waals surface area contributed by atoms with Crippen molar-refractivity contribution < 1.29 is 14.3 Å². The topological polar surface area (TPSA) is 38.7 Å². The van der Waals surface area contributed by atoms with Gasteiger partial charge in [-0.1, -0.05) is 76.2 Å². The summed E-state index contributed by atoms with van der Waals surface area (Å²) < 4.78 is 15.1. The van der Waals surface area contributed by atoms with Gasteiger partial charge < -0.3 is 14.3 Å². The van der Waals surface area contributed by atoms with Crippen molar-refractivity contribution in [2.75, 3.05) is 0 Å². The second-order valence-electron chi connectivity index (χ2n) is 18.0. The van der Waals surface area contributed by atoms with Gasteiger partial charge in [0.2, 0.25) is 0 Å². The van der Waals surface area contributed by atoms with Crippen molar-refractivity contribution in [2.45, 2.75) is 170 Å². The smallest absolute Gasteiger partial charge is 0.192 e. The molecule has 1 N–H and O–H groups in total. The Labute approximate surface area is 254 Å². The van der Waals surface area contributed by atoms with Crippen molar-refractivity contribution in [3.05, 3.63) is 0 Å². The average molecular weight is 587 g/mol. The summed E-state index contributed by atoms with van der Waals surface area (Å²) in [5, 5.41) is 11.3. The van der Waals surface area contributed by atoms with E-state index < -0.39 is 14.4 Å². The summed E-state index contributed by atoms with van der Waals surface area (Å²) in [6, 6.07) is 3.59. The SMILES string of the molecule is CC[Si](CC)(CC)O[C@H]1[C@H]2O[C@@H]([C@H](O)C(C)C)C[C@@H](C)[C@@H]2[C@@]2(C)CC[C@@]34C[C@@]35CC[C@H](C)C(C)(C)[C@@H]5CC[C@H]4[C@]12C. The summed E-state index contributed by atoms with van der Waals surface area (Å²) >= 11 is 0. The molecule has 1 heterocycles. The highest BCUT2D eigenvalue weighted by molar-refractivity contribution is 6.73. The lowest BCUT2D eigenvalue weighted by Gasteiger charge is -2.64. The van der Waals surface area contributed by atoms with E-state index in [1.165, 1.54) is 63.1 Å². The molecule has 5 aliphatic carbocycles. The van der Waals surface area contributed by atoms with Crippen LogP contribution in [-0.4, -0.2) is 37.8 Å². The van der Waals surface area contributed by atoms with E-state index in [1.54, 1.807) is 0 Å². The van der Waals surface area contributed by atoms with Gasteiger partial charge in [-0.2, -0.15) is 0 Å². The molecule has 5 saturated carbocycles. The van der Waals surface area contributed by atoms with Gasteiger partial charge in [0.25, 0.3) is 0 Å². The molecule has 1 aliphatic heterocycles. The first-order valence-corrected chi connectivity index (χ1v) is 20.7. The first-order chi connectivity index (χ1) is 19.1. The molecule has 2 spiro atoms. The molecule has 0 amide bonds. The Balaban J connectivity index is 1.45. The Bertz CT molecular complexity index is 998. The minimum Gasteiger partial charge on any atom is -0.411 e. The van der Waals surface area contributed by atoms with Crippen LogP contribution in [0, 0.1) is 62.6 Å². The van der Waals surface area contributed by atoms with Gasteiger partial charge >= 0.3 is 0 Å². The van der Waals surface area contributed by atoms with Crippen LogP contribution in [0.15, 0.2) is 0 Å². The van der Waals surface area contributed by atoms with Crippen molar-refractivity contribution in [3.8, 4) is 0 Å². The zero-order chi connectivity index (χ0) is 30.0. The Hall–Kier alpha value is 0.0969. The molecule has 0 bridgehead atoms. The van der Waals surface area contributed by atoms with Crippen LogP contribution in [0.4, 0.5) is 0 Å². The van der Waals surface area contributed by atoms with Crippen LogP contribution in [-0.2, 0) is 9.16 Å². The summed E-state index contributed by atoms with van der Waals surface area (Å²) in [5.41, 5.74) is 1.92. The van der Waals surface area contributed by atoms with Gasteiger partial charge in [0, 0.05) is 5.41 Å². The largest absolute Gasteiger partial charge is 0.411 e. The number of fused-ring (bicyclic) bond motifs is 4. The van der Waals surface area contributed by atoms with Gasteiger partial charge in [-0.15, -0.1) is 0 Å². The van der Waals surface area contributed by atoms with Crippen LogP contribution in [0.1, 0.15) is 128 Å². The molecule has 13 atom stereocenters. The van der Waals surface area contributed by atoms with E-state index in [-0.39, 0.29) is 35.1 Å². The molecular weight excluding hydrogens is 520 g/mol. The van der Waals surface area contributed by atoms with Crippen molar-refractivity contribution in [1.82, 2.24) is 0 Å². The summed E-state index contributed by atoms with van der Waals surface area (Å²) in [5.74, 6) is 3.77. The van der Waals surface area contributed by atoms with Crippen molar-refractivity contribution in [2.24, 2.45) is 62.6 Å². The number of rotatable bonds is 7. The maximum atomic E-state index is 11.3. The third kappa shape index (κ3) is 3.78. The predicted molar refractivity (Wildman–Crippen MR) is 172 cm³/mol. The first kappa shape index (κ1) is 31.1. The molecule has 6 aliphatic rings. The molecule has 0 unspecified atom stereocenters. The zero-order valence-electron chi connectivity index (χ0n) is 28.8. The standard InChI is InChI=1S/C37H66O3Si/c1-12-41(13-2,14-3)40-32-31-29(24(6)21-26(39-31)30(38)23(4)5)34(10)19-20-37-22-36(37)18-17-25(7)33(8,9)27(36)15-16-28(37)35(32,34)11/h23-32,38H,12-22H2,1-11H3/t24-,25+,26-,27+,28+,29+,30-,31+,32+,34-,35-,36-,37+/m1/s1. The Morgan fingerprint density at radius 1 is 0.878 bits per heavy atom. The molecule has 0 aromatic carbocycles. The number of ether oxygens (including phenoxy) is 1. The monoisotopic (exact) mass is 586 g/mol. The van der Waals surface area contributed by atoms with E-state index in [2.05, 4.69) is 76.2 Å². The molecule has 0 radical (unpaired) electrons. The van der Waals surface area contributed by atoms with Gasteiger partial charge in [-0.05, 0) is 127 Å². The molecule has 4 heteroatoms. The second kappa shape index (κ2) is 9.80. The van der Waals surface area contributed by atoms with E-state index >= 15 is 0 Å². The van der Waals surface area contributed by atoms with Crippen molar-refractivity contribution in [3.63, 3.8) is 0 Å². The molecule has 6 fully saturated rings. The van der Waals surface area contributed by atoms with Crippen molar-refractivity contribution >= 4 is 8.32 Å². The summed E-state index contributed by atoms with van der Waals surface area (Å²) in [7, 11) is -1.89. The van der Waals surface area contributed by atoms with Gasteiger partial charge in [0.15, 0.2) is 8.32 Å². The van der Waals surface area contributed by atoms with E-state index in [4.69, 9.17) is 9.16 Å².